The van der Waals surface area contributed by atoms with Crippen LogP contribution in [0.4, 0.5) is 5.69 Å². The Kier molecular flexibility index (Phi) is 3.90. The number of nitrogens with zero attached hydrogens (tertiary/aromatic N) is 1. The van der Waals surface area contributed by atoms with Gasteiger partial charge in [-0.2, -0.15) is 0 Å². The van der Waals surface area contributed by atoms with Gasteiger partial charge in [-0.3, -0.25) is 4.79 Å². The molecule has 1 aromatic carbocycles. The first-order chi connectivity index (χ1) is 8.49. The van der Waals surface area contributed by atoms with Crippen LogP contribution < -0.4 is 5.32 Å². The Balaban J connectivity index is 2.27. The van der Waals surface area contributed by atoms with Crippen molar-refractivity contribution in [1.29, 1.82) is 0 Å². The molecule has 3 nitrogen and oxygen atoms in total. The predicted octanol–water partition coefficient (Wildman–Crippen LogP) is 4.32. The van der Waals surface area contributed by atoms with E-state index in [1.807, 2.05) is 13.8 Å². The van der Waals surface area contributed by atoms with E-state index < -0.39 is 0 Å². The van der Waals surface area contributed by atoms with Gasteiger partial charge in [0.1, 0.15) is 5.69 Å². The normalized spacial score (nSPS) is 10.4. The molecule has 2 rings (SSSR count). The van der Waals surface area contributed by atoms with Crippen molar-refractivity contribution in [2.75, 3.05) is 5.32 Å². The van der Waals surface area contributed by atoms with Crippen LogP contribution in [0.1, 0.15) is 20.4 Å². The van der Waals surface area contributed by atoms with Crippen molar-refractivity contribution in [3.8, 4) is 0 Å². The third-order valence-corrected chi connectivity index (χ3v) is 4.02. The first-order valence-corrected chi connectivity index (χ1v) is 6.75. The molecule has 1 aromatic heterocycles. The summed E-state index contributed by atoms with van der Waals surface area (Å²) in [6.07, 6.45) is 0. The number of amides is 1. The Labute approximate surface area is 119 Å². The topological polar surface area (TPSA) is 42.0 Å². The van der Waals surface area contributed by atoms with E-state index in [-0.39, 0.29) is 5.91 Å². The fourth-order valence-corrected chi connectivity index (χ4v) is 2.68. The van der Waals surface area contributed by atoms with E-state index in [4.69, 9.17) is 23.2 Å². The lowest BCUT2D eigenvalue weighted by Crippen LogP contribution is -2.13. The Morgan fingerprint density at radius 1 is 1.33 bits per heavy atom. The Bertz CT molecular complexity index is 610. The Hall–Kier alpha value is -1.10. The van der Waals surface area contributed by atoms with Gasteiger partial charge in [0.25, 0.3) is 5.91 Å². The van der Waals surface area contributed by atoms with Crippen LogP contribution in [0.3, 0.4) is 0 Å². The summed E-state index contributed by atoms with van der Waals surface area (Å²) in [5.74, 6) is -0.277. The van der Waals surface area contributed by atoms with Crippen LogP contribution in [-0.2, 0) is 0 Å². The number of carbonyl (C=O) groups excluding carboxylic acids is 1. The number of nitrogens with one attached hydrogen (secondary N) is 1. The average molecular weight is 301 g/mol. The van der Waals surface area contributed by atoms with Gasteiger partial charge in [-0.25, -0.2) is 4.98 Å². The van der Waals surface area contributed by atoms with Crippen molar-refractivity contribution in [3.05, 3.63) is 43.8 Å². The smallest absolute Gasteiger partial charge is 0.275 e. The van der Waals surface area contributed by atoms with Crippen LogP contribution >= 0.6 is 34.5 Å². The fraction of sp³-hybridized carbons (Fsp3) is 0.167. The van der Waals surface area contributed by atoms with Crippen molar-refractivity contribution in [2.45, 2.75) is 13.8 Å². The second kappa shape index (κ2) is 5.26. The van der Waals surface area contributed by atoms with Crippen LogP contribution in [-0.4, -0.2) is 10.9 Å². The summed E-state index contributed by atoms with van der Waals surface area (Å²) in [4.78, 5) is 17.1. The lowest BCUT2D eigenvalue weighted by Gasteiger charge is -2.07. The molecule has 0 aliphatic heterocycles. The molecule has 1 N–H and O–H groups in total. The second-order valence-electron chi connectivity index (χ2n) is 3.69. The van der Waals surface area contributed by atoms with Crippen LogP contribution in [0, 0.1) is 13.8 Å². The molecule has 94 valence electrons. The molecule has 1 heterocycles. The molecule has 0 atom stereocenters. The number of thiazole rings is 1. The summed E-state index contributed by atoms with van der Waals surface area (Å²) in [6, 6.07) is 5.08. The van der Waals surface area contributed by atoms with Gasteiger partial charge in [0.15, 0.2) is 0 Å². The van der Waals surface area contributed by atoms with E-state index in [9.17, 15) is 4.79 Å². The molecule has 0 bridgehead atoms. The van der Waals surface area contributed by atoms with Crippen molar-refractivity contribution >= 4 is 46.1 Å². The SMILES string of the molecule is Cc1nc(C(=O)Nc2cccc(Cl)c2Cl)c(C)s1. The highest BCUT2D eigenvalue weighted by molar-refractivity contribution is 7.11. The second-order valence-corrected chi connectivity index (χ2v) is 5.89. The van der Waals surface area contributed by atoms with Gasteiger partial charge in [-0.05, 0) is 26.0 Å². The fourth-order valence-electron chi connectivity index (χ4n) is 1.52. The van der Waals surface area contributed by atoms with E-state index in [1.165, 1.54) is 11.3 Å². The highest BCUT2D eigenvalue weighted by Gasteiger charge is 2.15. The zero-order valence-corrected chi connectivity index (χ0v) is 12.1. The molecule has 18 heavy (non-hydrogen) atoms. The van der Waals surface area contributed by atoms with E-state index in [0.717, 1.165) is 9.88 Å². The van der Waals surface area contributed by atoms with Gasteiger partial charge in [0.2, 0.25) is 0 Å². The van der Waals surface area contributed by atoms with Crippen molar-refractivity contribution in [1.82, 2.24) is 4.98 Å². The van der Waals surface area contributed by atoms with Crippen LogP contribution in [0.5, 0.6) is 0 Å². The van der Waals surface area contributed by atoms with Crippen LogP contribution in [0.2, 0.25) is 10.0 Å². The maximum atomic E-state index is 12.0. The first-order valence-electron chi connectivity index (χ1n) is 5.18. The summed E-state index contributed by atoms with van der Waals surface area (Å²) in [5, 5.41) is 4.30. The minimum absolute atomic E-state index is 0.277. The quantitative estimate of drug-likeness (QED) is 0.897. The summed E-state index contributed by atoms with van der Waals surface area (Å²) in [5.41, 5.74) is 0.910. The molecule has 0 aliphatic carbocycles. The monoisotopic (exact) mass is 300 g/mol. The molecule has 6 heteroatoms. The molecular formula is C12H10Cl2N2OS. The summed E-state index contributed by atoms with van der Waals surface area (Å²) in [7, 11) is 0. The van der Waals surface area contributed by atoms with Crippen LogP contribution in [0.25, 0.3) is 0 Å². The van der Waals surface area contributed by atoms with Gasteiger partial charge < -0.3 is 5.32 Å². The van der Waals surface area contributed by atoms with E-state index >= 15 is 0 Å². The Morgan fingerprint density at radius 2 is 2.06 bits per heavy atom. The highest BCUT2D eigenvalue weighted by atomic mass is 35.5. The van der Waals surface area contributed by atoms with E-state index in [1.54, 1.807) is 18.2 Å². The molecule has 0 spiro atoms. The average Bonchev–Trinajstić information content (AvgIpc) is 2.64. The number of hydrogen-bond donors (Lipinski definition) is 1. The maximum absolute atomic E-state index is 12.0. The first kappa shape index (κ1) is 13.3. The van der Waals surface area contributed by atoms with Crippen molar-refractivity contribution in [3.63, 3.8) is 0 Å². The number of rotatable bonds is 2. The number of halogens is 2. The summed E-state index contributed by atoms with van der Waals surface area (Å²) < 4.78 is 0. The molecule has 1 amide bonds. The standard InChI is InChI=1S/C12H10Cl2N2OS/c1-6-11(15-7(2)18-6)12(17)16-9-5-3-4-8(13)10(9)14/h3-5H,1-2H3,(H,16,17). The number of anilines is 1. The van der Waals surface area contributed by atoms with Gasteiger partial charge in [-0.1, -0.05) is 29.3 Å². The minimum Gasteiger partial charge on any atom is -0.319 e. The molecule has 0 radical (unpaired) electrons. The molecule has 0 saturated carbocycles. The number of aromatic nitrogens is 1. The minimum atomic E-state index is -0.277. The Morgan fingerprint density at radius 3 is 2.67 bits per heavy atom. The molecule has 2 aromatic rings. The van der Waals surface area contributed by atoms with Gasteiger partial charge in [-0.15, -0.1) is 11.3 Å². The lowest BCUT2D eigenvalue weighted by atomic mass is 10.3. The zero-order valence-electron chi connectivity index (χ0n) is 9.75. The lowest BCUT2D eigenvalue weighted by molar-refractivity contribution is 0.102. The van der Waals surface area contributed by atoms with Crippen molar-refractivity contribution < 1.29 is 4.79 Å². The molecule has 0 saturated heterocycles. The number of benzene rings is 1. The summed E-state index contributed by atoms with van der Waals surface area (Å²) >= 11 is 13.4. The third kappa shape index (κ3) is 2.66. The highest BCUT2D eigenvalue weighted by Crippen LogP contribution is 2.30. The molecule has 0 unspecified atom stereocenters. The molecule has 0 aliphatic rings. The van der Waals surface area contributed by atoms with Crippen LogP contribution in [0.15, 0.2) is 18.2 Å². The molecule has 0 fully saturated rings. The largest absolute Gasteiger partial charge is 0.319 e. The van der Waals surface area contributed by atoms with Crippen molar-refractivity contribution in [2.24, 2.45) is 0 Å². The summed E-state index contributed by atoms with van der Waals surface area (Å²) in [6.45, 7) is 3.72. The number of carbonyl (C=O) groups is 1. The number of aryl methyl sites for hydroxylation is 2. The van der Waals surface area contributed by atoms with E-state index in [2.05, 4.69) is 10.3 Å². The zero-order chi connectivity index (χ0) is 13.3. The van der Waals surface area contributed by atoms with Gasteiger partial charge in [0, 0.05) is 4.88 Å². The number of hydrogen-bond acceptors (Lipinski definition) is 3. The van der Waals surface area contributed by atoms with E-state index in [0.29, 0.717) is 21.4 Å². The van der Waals surface area contributed by atoms with Gasteiger partial charge in [0.05, 0.1) is 20.7 Å². The molecular weight excluding hydrogens is 291 g/mol. The maximum Gasteiger partial charge on any atom is 0.275 e. The third-order valence-electron chi connectivity index (χ3n) is 2.32. The predicted molar refractivity (Wildman–Crippen MR) is 76.0 cm³/mol. The van der Waals surface area contributed by atoms with Gasteiger partial charge >= 0.3 is 0 Å².